The van der Waals surface area contributed by atoms with E-state index in [0.29, 0.717) is 17.5 Å². The lowest BCUT2D eigenvalue weighted by Crippen LogP contribution is -2.35. The highest BCUT2D eigenvalue weighted by atomic mass is 16.3. The molecule has 0 saturated heterocycles. The first-order chi connectivity index (χ1) is 15.7. The highest BCUT2D eigenvalue weighted by molar-refractivity contribution is 5.98. The Kier molecular flexibility index (Phi) is 7.95. The molecule has 0 spiro atoms. The van der Waals surface area contributed by atoms with E-state index < -0.39 is 0 Å². The molecule has 0 aromatic heterocycles. The number of aromatic hydroxyl groups is 1. The monoisotopic (exact) mass is 445 g/mol. The number of Topliss-reactive ketones (excluding diaryl/α,β-unsaturated/α-hetero) is 1. The molecule has 3 aromatic rings. The van der Waals surface area contributed by atoms with E-state index in [4.69, 9.17) is 11.6 Å². The molecule has 0 aliphatic heterocycles. The summed E-state index contributed by atoms with van der Waals surface area (Å²) in [7, 11) is 3.23. The van der Waals surface area contributed by atoms with Crippen molar-refractivity contribution in [3.05, 3.63) is 107 Å². The summed E-state index contributed by atoms with van der Waals surface area (Å²) >= 11 is 0. The number of hydrogen-bond donors (Lipinski definition) is 3. The molecule has 3 rings (SSSR count). The average Bonchev–Trinajstić information content (AvgIpc) is 2.80. The number of carbonyl (C=O) groups is 2. The smallest absolute Gasteiger partial charge is 0.257 e. The Morgan fingerprint density at radius 3 is 2.27 bits per heavy atom. The van der Waals surface area contributed by atoms with E-state index in [1.807, 2.05) is 48.5 Å². The number of phenolic OH excluding ortho intramolecular Hbond substituents is 1. The molecule has 0 bridgehead atoms. The number of nitrogens with two attached hydrogens (primary N) is 2. The Bertz CT molecular complexity index is 1120. The third-order valence-electron chi connectivity index (χ3n) is 5.22. The largest absolute Gasteiger partial charge is 0.507 e. The molecule has 171 valence electrons. The zero-order valence-electron chi connectivity index (χ0n) is 18.9. The molecule has 0 fully saturated rings. The van der Waals surface area contributed by atoms with Crippen molar-refractivity contribution in [1.82, 2.24) is 9.91 Å². The van der Waals surface area contributed by atoms with E-state index in [-0.39, 0.29) is 36.1 Å². The molecular weight excluding hydrogens is 416 g/mol. The zero-order valence-corrected chi connectivity index (χ0v) is 18.9. The Labute approximate surface area is 194 Å². The van der Waals surface area contributed by atoms with Gasteiger partial charge in [0.15, 0.2) is 5.78 Å². The molecule has 0 aliphatic carbocycles. The van der Waals surface area contributed by atoms with Crippen molar-refractivity contribution in [2.24, 2.45) is 11.6 Å². The van der Waals surface area contributed by atoms with Crippen LogP contribution in [0.2, 0.25) is 0 Å². The Morgan fingerprint density at radius 2 is 1.58 bits per heavy atom. The number of ketones is 1. The van der Waals surface area contributed by atoms with Crippen molar-refractivity contribution in [1.29, 1.82) is 0 Å². The third-order valence-corrected chi connectivity index (χ3v) is 5.22. The molecule has 0 unspecified atom stereocenters. The molecule has 5 N–H and O–H groups in total. The molecule has 0 aliphatic rings. The number of nitrogens with zero attached hydrogens (tertiary/aromatic N) is 2. The topological polar surface area (TPSA) is 113 Å². The summed E-state index contributed by atoms with van der Waals surface area (Å²) in [6.07, 6.45) is 0.535. The minimum absolute atomic E-state index is 0.000822. The van der Waals surface area contributed by atoms with Crippen LogP contribution < -0.4 is 11.6 Å². The van der Waals surface area contributed by atoms with Crippen LogP contribution in [0.4, 0.5) is 0 Å². The molecule has 1 radical (unpaired) electrons. The quantitative estimate of drug-likeness (QED) is 0.265. The van der Waals surface area contributed by atoms with Crippen LogP contribution in [0.25, 0.3) is 0 Å². The van der Waals surface area contributed by atoms with Crippen LogP contribution in [0, 0.1) is 6.04 Å². The van der Waals surface area contributed by atoms with Crippen molar-refractivity contribution in [3.63, 3.8) is 0 Å². The first-order valence-electron chi connectivity index (χ1n) is 10.6. The molecule has 7 nitrogen and oxygen atoms in total. The van der Waals surface area contributed by atoms with Gasteiger partial charge in [0.1, 0.15) is 5.75 Å². The number of benzene rings is 3. The van der Waals surface area contributed by atoms with Crippen molar-refractivity contribution < 1.29 is 14.7 Å². The van der Waals surface area contributed by atoms with Crippen LogP contribution in [-0.2, 0) is 13.0 Å². The van der Waals surface area contributed by atoms with Gasteiger partial charge in [-0.3, -0.25) is 15.4 Å². The van der Waals surface area contributed by atoms with Gasteiger partial charge < -0.3 is 15.7 Å². The maximum atomic E-state index is 12.8. The summed E-state index contributed by atoms with van der Waals surface area (Å²) in [4.78, 5) is 26.4. The maximum absolute atomic E-state index is 12.8. The van der Waals surface area contributed by atoms with E-state index in [2.05, 4.69) is 0 Å². The molecule has 1 amide bonds. The normalized spacial score (nSPS) is 11.1. The highest BCUT2D eigenvalue weighted by Gasteiger charge is 2.16. The number of amides is 1. The number of hydrazine groups is 1. The van der Waals surface area contributed by atoms with Gasteiger partial charge in [0.25, 0.3) is 5.91 Å². The molecule has 33 heavy (non-hydrogen) atoms. The summed E-state index contributed by atoms with van der Waals surface area (Å²) in [6.45, 7) is 0.243. The SMILES string of the molecule is CN(C)C(=O)c1cc(CN(N)CC(=O)c2cccc(C[C](N)c3ccccc3)c2)ccc1O. The van der Waals surface area contributed by atoms with Crippen LogP contribution in [0.3, 0.4) is 0 Å². The predicted octanol–water partition coefficient (Wildman–Crippen LogP) is 2.73. The Morgan fingerprint density at radius 1 is 0.879 bits per heavy atom. The van der Waals surface area contributed by atoms with Crippen molar-refractivity contribution >= 4 is 11.7 Å². The van der Waals surface area contributed by atoms with Gasteiger partial charge in [-0.2, -0.15) is 0 Å². The van der Waals surface area contributed by atoms with Gasteiger partial charge in [-0.25, -0.2) is 5.01 Å². The summed E-state index contributed by atoms with van der Waals surface area (Å²) in [6, 6.07) is 22.5. The van der Waals surface area contributed by atoms with Crippen molar-refractivity contribution in [3.8, 4) is 5.75 Å². The molecule has 3 aromatic carbocycles. The van der Waals surface area contributed by atoms with Gasteiger partial charge in [-0.05, 0) is 41.3 Å². The fourth-order valence-corrected chi connectivity index (χ4v) is 3.49. The van der Waals surface area contributed by atoms with E-state index >= 15 is 0 Å². The predicted molar refractivity (Wildman–Crippen MR) is 128 cm³/mol. The van der Waals surface area contributed by atoms with E-state index in [1.54, 1.807) is 32.3 Å². The van der Waals surface area contributed by atoms with Crippen LogP contribution in [0.15, 0.2) is 72.8 Å². The Balaban J connectivity index is 1.64. The van der Waals surface area contributed by atoms with Gasteiger partial charge in [0.05, 0.1) is 18.2 Å². The number of rotatable bonds is 9. The summed E-state index contributed by atoms with van der Waals surface area (Å²) in [5.41, 5.74) is 9.60. The van der Waals surface area contributed by atoms with E-state index in [0.717, 1.165) is 17.2 Å². The second-order valence-corrected chi connectivity index (χ2v) is 8.15. The fraction of sp³-hybridized carbons (Fsp3) is 0.192. The van der Waals surface area contributed by atoms with Crippen molar-refractivity contribution in [2.45, 2.75) is 13.0 Å². The van der Waals surface area contributed by atoms with Crippen LogP contribution >= 0.6 is 0 Å². The average molecular weight is 446 g/mol. The van der Waals surface area contributed by atoms with Gasteiger partial charge in [-0.1, -0.05) is 54.6 Å². The summed E-state index contributed by atoms with van der Waals surface area (Å²) in [5.74, 6) is 5.56. The maximum Gasteiger partial charge on any atom is 0.257 e. The Hall–Kier alpha value is -3.52. The molecule has 0 heterocycles. The summed E-state index contributed by atoms with van der Waals surface area (Å²) < 4.78 is 0. The molecule has 0 atom stereocenters. The standard InChI is InChI=1S/C26H29N4O3/c1-29(2)26(33)22-14-19(11-12-24(22)31)16-30(28)17-25(32)21-10-6-7-18(13-21)15-23(27)20-8-4-3-5-9-20/h3-14,31H,15-17,27-28H2,1-2H3. The minimum atomic E-state index is -0.308. The zero-order chi connectivity index (χ0) is 24.0. The van der Waals surface area contributed by atoms with E-state index in [9.17, 15) is 14.7 Å². The highest BCUT2D eigenvalue weighted by Crippen LogP contribution is 2.21. The van der Waals surface area contributed by atoms with Gasteiger partial charge in [0.2, 0.25) is 0 Å². The number of hydrogen-bond acceptors (Lipinski definition) is 6. The minimum Gasteiger partial charge on any atom is -0.507 e. The lowest BCUT2D eigenvalue weighted by Gasteiger charge is -2.18. The number of carbonyl (C=O) groups excluding carboxylic acids is 2. The van der Waals surface area contributed by atoms with Gasteiger partial charge in [-0.15, -0.1) is 0 Å². The van der Waals surface area contributed by atoms with Crippen LogP contribution in [0.1, 0.15) is 37.4 Å². The third kappa shape index (κ3) is 6.49. The van der Waals surface area contributed by atoms with Gasteiger partial charge in [0, 0.05) is 26.2 Å². The first kappa shape index (κ1) is 24.1. The summed E-state index contributed by atoms with van der Waals surface area (Å²) in [5, 5.41) is 11.4. The number of phenols is 1. The fourth-order valence-electron chi connectivity index (χ4n) is 3.49. The second-order valence-electron chi connectivity index (χ2n) is 8.15. The first-order valence-corrected chi connectivity index (χ1v) is 10.6. The van der Waals surface area contributed by atoms with Crippen LogP contribution in [-0.4, -0.2) is 47.3 Å². The lowest BCUT2D eigenvalue weighted by atomic mass is 9.97. The molecule has 7 heteroatoms. The molecular formula is C26H29N4O3. The molecule has 0 saturated carbocycles. The van der Waals surface area contributed by atoms with Crippen molar-refractivity contribution in [2.75, 3.05) is 20.6 Å². The second kappa shape index (κ2) is 10.9. The lowest BCUT2D eigenvalue weighted by molar-refractivity contribution is 0.0823. The van der Waals surface area contributed by atoms with E-state index in [1.165, 1.54) is 16.0 Å². The van der Waals surface area contributed by atoms with Crippen LogP contribution in [0.5, 0.6) is 5.75 Å². The van der Waals surface area contributed by atoms with Gasteiger partial charge >= 0.3 is 0 Å².